The van der Waals surface area contributed by atoms with Gasteiger partial charge in [0.25, 0.3) is 0 Å². The molecule has 0 spiro atoms. The molecular weight excluding hydrogens is 304 g/mol. The number of esters is 1. The molecule has 24 heavy (non-hydrogen) atoms. The van der Waals surface area contributed by atoms with Crippen LogP contribution in [-0.2, 0) is 16.0 Å². The van der Waals surface area contributed by atoms with Crippen molar-refractivity contribution >= 4 is 16.7 Å². The Morgan fingerprint density at radius 1 is 1.21 bits per heavy atom. The minimum Gasteiger partial charge on any atom is -0.497 e. The molecule has 5 heteroatoms. The lowest BCUT2D eigenvalue weighted by atomic mass is 9.98. The van der Waals surface area contributed by atoms with E-state index in [0.717, 1.165) is 27.9 Å². The van der Waals surface area contributed by atoms with Gasteiger partial charge < -0.3 is 14.5 Å². The number of hydrogen-bond acceptors (Lipinski definition) is 4. The van der Waals surface area contributed by atoms with Crippen LogP contribution in [0.25, 0.3) is 10.8 Å². The van der Waals surface area contributed by atoms with Gasteiger partial charge >= 0.3 is 5.97 Å². The van der Waals surface area contributed by atoms with Gasteiger partial charge in [-0.15, -0.1) is 0 Å². The van der Waals surface area contributed by atoms with E-state index in [0.29, 0.717) is 13.0 Å². The van der Waals surface area contributed by atoms with E-state index >= 15 is 0 Å². The van der Waals surface area contributed by atoms with Gasteiger partial charge in [-0.1, -0.05) is 24.3 Å². The van der Waals surface area contributed by atoms with E-state index in [1.165, 1.54) is 0 Å². The molecule has 3 rings (SSSR count). The summed E-state index contributed by atoms with van der Waals surface area (Å²) in [5, 5.41) is 2.15. The summed E-state index contributed by atoms with van der Waals surface area (Å²) in [5.74, 6) is 1.10. The summed E-state index contributed by atoms with van der Waals surface area (Å²) in [6, 6.07) is 11.9. The highest BCUT2D eigenvalue weighted by Gasteiger charge is 2.17. The van der Waals surface area contributed by atoms with Crippen molar-refractivity contribution in [3.05, 3.63) is 60.2 Å². The normalized spacial score (nSPS) is 12.1. The lowest BCUT2D eigenvalue weighted by molar-refractivity contribution is -0.144. The average Bonchev–Trinajstić information content (AvgIpc) is 3.13. The minimum absolute atomic E-state index is 0.227. The molecular formula is C19H20N2O3. The third kappa shape index (κ3) is 3.56. The molecule has 0 saturated carbocycles. The van der Waals surface area contributed by atoms with E-state index < -0.39 is 0 Å². The fraction of sp³-hybridized carbons (Fsp3) is 0.263. The van der Waals surface area contributed by atoms with Gasteiger partial charge in [0.15, 0.2) is 0 Å². The molecule has 0 aliphatic rings. The van der Waals surface area contributed by atoms with Crippen LogP contribution >= 0.6 is 0 Å². The second kappa shape index (κ2) is 7.17. The highest BCUT2D eigenvalue weighted by atomic mass is 16.5. The number of ether oxygens (including phenoxy) is 2. The number of aromatic nitrogens is 2. The molecule has 5 nitrogen and oxygen atoms in total. The lowest BCUT2D eigenvalue weighted by Crippen LogP contribution is -2.15. The van der Waals surface area contributed by atoms with Gasteiger partial charge in [0.1, 0.15) is 11.6 Å². The van der Waals surface area contributed by atoms with Gasteiger partial charge in [0, 0.05) is 18.8 Å². The standard InChI is InChI=1S/C19H20N2O3/c1-13(19(22)24-10-7-18-20-8-9-21-18)14-3-4-16-12-17(23-2)6-5-15(16)11-14/h3-6,8-9,11-13H,7,10H2,1-2H3,(H,20,21)/t13-/m0/s1. The van der Waals surface area contributed by atoms with Crippen molar-refractivity contribution in [3.63, 3.8) is 0 Å². The zero-order chi connectivity index (χ0) is 16.9. The van der Waals surface area contributed by atoms with Crippen LogP contribution in [-0.4, -0.2) is 29.7 Å². The number of nitrogens with zero attached hydrogens (tertiary/aromatic N) is 1. The van der Waals surface area contributed by atoms with Gasteiger partial charge in [0.05, 0.1) is 19.6 Å². The number of hydrogen-bond donors (Lipinski definition) is 1. The van der Waals surface area contributed by atoms with Crippen LogP contribution in [0.1, 0.15) is 24.2 Å². The third-order valence-electron chi connectivity index (χ3n) is 4.06. The van der Waals surface area contributed by atoms with E-state index in [9.17, 15) is 4.79 Å². The molecule has 1 atom stereocenters. The number of fused-ring (bicyclic) bond motifs is 1. The van der Waals surface area contributed by atoms with Gasteiger partial charge in [-0.3, -0.25) is 4.79 Å². The van der Waals surface area contributed by atoms with Gasteiger partial charge in [-0.2, -0.15) is 0 Å². The molecule has 1 N–H and O–H groups in total. The van der Waals surface area contributed by atoms with Crippen LogP contribution in [0.2, 0.25) is 0 Å². The minimum atomic E-state index is -0.312. The summed E-state index contributed by atoms with van der Waals surface area (Å²) in [6.07, 6.45) is 4.02. The number of carbonyl (C=O) groups excluding carboxylic acids is 1. The number of benzene rings is 2. The predicted octanol–water partition coefficient (Wildman–Crippen LogP) is 3.46. The first-order valence-electron chi connectivity index (χ1n) is 7.90. The number of rotatable bonds is 6. The number of methoxy groups -OCH3 is 1. The fourth-order valence-corrected chi connectivity index (χ4v) is 2.58. The van der Waals surface area contributed by atoms with Crippen molar-refractivity contribution in [2.75, 3.05) is 13.7 Å². The molecule has 0 unspecified atom stereocenters. The summed E-state index contributed by atoms with van der Waals surface area (Å²) in [6.45, 7) is 2.18. The second-order valence-corrected chi connectivity index (χ2v) is 5.65. The topological polar surface area (TPSA) is 64.2 Å². The molecule has 0 radical (unpaired) electrons. The predicted molar refractivity (Wildman–Crippen MR) is 92.2 cm³/mol. The molecule has 1 heterocycles. The Balaban J connectivity index is 1.66. The second-order valence-electron chi connectivity index (χ2n) is 5.65. The Morgan fingerprint density at radius 3 is 2.75 bits per heavy atom. The zero-order valence-electron chi connectivity index (χ0n) is 13.8. The summed E-state index contributed by atoms with van der Waals surface area (Å²) in [7, 11) is 1.65. The molecule has 124 valence electrons. The first-order chi connectivity index (χ1) is 11.7. The first-order valence-corrected chi connectivity index (χ1v) is 7.90. The molecule has 0 amide bonds. The van der Waals surface area contributed by atoms with Crippen molar-refractivity contribution in [2.24, 2.45) is 0 Å². The summed E-state index contributed by atoms with van der Waals surface area (Å²) in [4.78, 5) is 19.3. The van der Waals surface area contributed by atoms with Crippen LogP contribution in [0, 0.1) is 0 Å². The quantitative estimate of drug-likeness (QED) is 0.705. The third-order valence-corrected chi connectivity index (χ3v) is 4.06. The van der Waals surface area contributed by atoms with E-state index in [1.807, 2.05) is 43.3 Å². The van der Waals surface area contributed by atoms with Crippen molar-refractivity contribution in [1.29, 1.82) is 0 Å². The molecule has 0 fully saturated rings. The average molecular weight is 324 g/mol. The van der Waals surface area contributed by atoms with Crippen molar-refractivity contribution in [2.45, 2.75) is 19.3 Å². The molecule has 0 saturated heterocycles. The Hall–Kier alpha value is -2.82. The highest BCUT2D eigenvalue weighted by Crippen LogP contribution is 2.25. The van der Waals surface area contributed by atoms with E-state index in [-0.39, 0.29) is 11.9 Å². The number of nitrogens with one attached hydrogen (secondary N) is 1. The Bertz CT molecular complexity index is 828. The molecule has 3 aromatic rings. The smallest absolute Gasteiger partial charge is 0.313 e. The summed E-state index contributed by atoms with van der Waals surface area (Å²) < 4.78 is 10.6. The monoisotopic (exact) mass is 324 g/mol. The molecule has 2 aromatic carbocycles. The molecule has 1 aromatic heterocycles. The van der Waals surface area contributed by atoms with E-state index in [1.54, 1.807) is 19.5 Å². The molecule has 0 aliphatic carbocycles. The number of H-pyrrole nitrogens is 1. The van der Waals surface area contributed by atoms with Gasteiger partial charge in [0.2, 0.25) is 0 Å². The Kier molecular flexibility index (Phi) is 4.79. The van der Waals surface area contributed by atoms with Crippen LogP contribution < -0.4 is 4.74 Å². The van der Waals surface area contributed by atoms with Crippen LogP contribution in [0.3, 0.4) is 0 Å². The van der Waals surface area contributed by atoms with Crippen LogP contribution in [0.5, 0.6) is 5.75 Å². The van der Waals surface area contributed by atoms with Crippen LogP contribution in [0.15, 0.2) is 48.8 Å². The number of aromatic amines is 1. The largest absolute Gasteiger partial charge is 0.497 e. The lowest BCUT2D eigenvalue weighted by Gasteiger charge is -2.13. The maximum Gasteiger partial charge on any atom is 0.313 e. The zero-order valence-corrected chi connectivity index (χ0v) is 13.8. The highest BCUT2D eigenvalue weighted by molar-refractivity contribution is 5.86. The van der Waals surface area contributed by atoms with E-state index in [4.69, 9.17) is 9.47 Å². The van der Waals surface area contributed by atoms with Crippen molar-refractivity contribution < 1.29 is 14.3 Å². The molecule has 0 bridgehead atoms. The maximum absolute atomic E-state index is 12.2. The fourth-order valence-electron chi connectivity index (χ4n) is 2.58. The SMILES string of the molecule is COc1ccc2cc([C@H](C)C(=O)OCCc3ncc[nH]3)ccc2c1. The molecule has 0 aliphatic heterocycles. The summed E-state index contributed by atoms with van der Waals surface area (Å²) in [5.41, 5.74) is 0.940. The van der Waals surface area contributed by atoms with Gasteiger partial charge in [-0.25, -0.2) is 4.98 Å². The number of imidazole rings is 1. The first kappa shape index (κ1) is 16.1. The maximum atomic E-state index is 12.2. The Morgan fingerprint density at radius 2 is 2.00 bits per heavy atom. The Labute approximate surface area is 140 Å². The number of carbonyl (C=O) groups is 1. The van der Waals surface area contributed by atoms with Gasteiger partial charge in [-0.05, 0) is 35.4 Å². The summed E-state index contributed by atoms with van der Waals surface area (Å²) >= 11 is 0. The van der Waals surface area contributed by atoms with Crippen molar-refractivity contribution in [1.82, 2.24) is 9.97 Å². The van der Waals surface area contributed by atoms with Crippen molar-refractivity contribution in [3.8, 4) is 5.75 Å². The van der Waals surface area contributed by atoms with Crippen LogP contribution in [0.4, 0.5) is 0 Å². The van der Waals surface area contributed by atoms with E-state index in [2.05, 4.69) is 9.97 Å².